The van der Waals surface area contributed by atoms with Crippen LogP contribution < -0.4 is 21.2 Å². The van der Waals surface area contributed by atoms with Gasteiger partial charge < -0.3 is 0 Å². The Bertz CT molecular complexity index is 835. The van der Waals surface area contributed by atoms with Gasteiger partial charge in [0.25, 0.3) is 0 Å². The summed E-state index contributed by atoms with van der Waals surface area (Å²) in [7, 11) is 0. The maximum absolute atomic E-state index is 11.7. The van der Waals surface area contributed by atoms with E-state index in [0.29, 0.717) is 6.61 Å². The Kier molecular flexibility index (Phi) is 4.95. The number of carbonyl (C=O) groups excluding carboxylic acids is 1. The molecule has 0 saturated carbocycles. The molecule has 0 spiro atoms. The topological polar surface area (TPSA) is 38.3 Å². The molecule has 138 valence electrons. The second kappa shape index (κ2) is 7.25. The minimum atomic E-state index is -2.86. The van der Waals surface area contributed by atoms with Crippen molar-refractivity contribution in [2.75, 3.05) is 12.8 Å². The number of carbonyl (C=O) groups is 1. The molecular formula is C22H21INO2P. The molecule has 1 heterocycles. The molecule has 3 aromatic carbocycles. The minimum absolute atomic E-state index is 0.0207. The molecule has 1 aliphatic rings. The zero-order valence-electron chi connectivity index (χ0n) is 14.8. The summed E-state index contributed by atoms with van der Waals surface area (Å²) in [5.74, 6) is 0. The van der Waals surface area contributed by atoms with Gasteiger partial charge in [0.2, 0.25) is 0 Å². The van der Waals surface area contributed by atoms with Crippen LogP contribution in [0.5, 0.6) is 0 Å². The molecule has 1 fully saturated rings. The van der Waals surface area contributed by atoms with E-state index in [-0.39, 0.29) is 12.1 Å². The van der Waals surface area contributed by atoms with Crippen molar-refractivity contribution in [2.45, 2.75) is 6.04 Å². The van der Waals surface area contributed by atoms with E-state index >= 15 is 0 Å². The van der Waals surface area contributed by atoms with E-state index in [1.165, 1.54) is 15.9 Å². The summed E-state index contributed by atoms with van der Waals surface area (Å²) in [6, 6.07) is 32.1. The van der Waals surface area contributed by atoms with Gasteiger partial charge in [-0.3, -0.25) is 0 Å². The first-order valence-corrected chi connectivity index (χ1v) is 14.1. The van der Waals surface area contributed by atoms with Gasteiger partial charge in [-0.05, 0) is 0 Å². The first-order chi connectivity index (χ1) is 13.1. The molecule has 0 aromatic heterocycles. The third kappa shape index (κ3) is 3.15. The van der Waals surface area contributed by atoms with Crippen molar-refractivity contribution in [3.05, 3.63) is 91.0 Å². The summed E-state index contributed by atoms with van der Waals surface area (Å²) in [6.45, 7) is 0.409. The molecule has 1 aliphatic heterocycles. The normalized spacial score (nSPS) is 18.2. The number of nitrogens with one attached hydrogen (secondary N) is 1. The Morgan fingerprint density at radius 1 is 0.815 bits per heavy atom. The molecule has 1 saturated heterocycles. The van der Waals surface area contributed by atoms with Gasteiger partial charge in [-0.2, -0.15) is 0 Å². The Balaban J connectivity index is 2.01. The zero-order chi connectivity index (χ0) is 18.8. The number of rotatable bonds is 5. The fourth-order valence-electron chi connectivity index (χ4n) is 3.92. The van der Waals surface area contributed by atoms with Crippen LogP contribution in [0.25, 0.3) is 0 Å². The quantitative estimate of drug-likeness (QED) is 0.435. The fourth-order valence-corrected chi connectivity index (χ4v) is 13.2. The van der Waals surface area contributed by atoms with E-state index in [2.05, 4.69) is 118 Å². The standard InChI is InChI=1S/C22H21INO2P/c23-27(19-10-4-1-5-11-19,20-12-6-2-7-13-20,21-14-8-3-9-15-21)17-18-16-26-22(25)24-18/h1-15,18H,16-17H2,(H,24,25)/t18-/m1/s1. The molecule has 0 bridgehead atoms. The van der Waals surface area contributed by atoms with Crippen molar-refractivity contribution in [1.29, 1.82) is 0 Å². The van der Waals surface area contributed by atoms with Crippen molar-refractivity contribution in [2.24, 2.45) is 0 Å². The van der Waals surface area contributed by atoms with Gasteiger partial charge in [-0.1, -0.05) is 0 Å². The number of amides is 1. The number of halogens is 1. The average Bonchev–Trinajstić information content (AvgIpc) is 3.14. The third-order valence-electron chi connectivity index (χ3n) is 5.18. The van der Waals surface area contributed by atoms with E-state index in [9.17, 15) is 4.79 Å². The van der Waals surface area contributed by atoms with Crippen molar-refractivity contribution in [3.8, 4) is 0 Å². The number of hydrogen-bond acceptors (Lipinski definition) is 2. The molecule has 0 radical (unpaired) electrons. The first-order valence-electron chi connectivity index (χ1n) is 8.94. The number of alkyl carbamates (subject to hydrolysis) is 1. The molecule has 1 N–H and O–H groups in total. The van der Waals surface area contributed by atoms with Crippen molar-refractivity contribution in [1.82, 2.24) is 5.32 Å². The van der Waals surface area contributed by atoms with Crippen molar-refractivity contribution < 1.29 is 9.53 Å². The van der Waals surface area contributed by atoms with Gasteiger partial charge >= 0.3 is 173 Å². The summed E-state index contributed by atoms with van der Waals surface area (Å²) in [5.41, 5.74) is 0. The molecule has 3 nitrogen and oxygen atoms in total. The molecular weight excluding hydrogens is 468 g/mol. The van der Waals surface area contributed by atoms with Gasteiger partial charge in [0, 0.05) is 0 Å². The third-order valence-corrected chi connectivity index (χ3v) is 16.6. The molecule has 27 heavy (non-hydrogen) atoms. The number of benzene rings is 3. The van der Waals surface area contributed by atoms with Crippen LogP contribution in [-0.2, 0) is 4.74 Å². The number of cyclic esters (lactones) is 1. The predicted molar refractivity (Wildman–Crippen MR) is 122 cm³/mol. The molecule has 3 aromatic rings. The number of ether oxygens (including phenoxy) is 1. The second-order valence-corrected chi connectivity index (χ2v) is 17.5. The SMILES string of the molecule is O=C1N[C@@H](CP(I)(c2ccccc2)(c2ccccc2)c2ccccc2)CO1. The summed E-state index contributed by atoms with van der Waals surface area (Å²) < 4.78 is 2.37. The van der Waals surface area contributed by atoms with Crippen molar-refractivity contribution in [3.63, 3.8) is 0 Å². The van der Waals surface area contributed by atoms with Crippen molar-refractivity contribution >= 4 is 48.3 Å². The van der Waals surface area contributed by atoms with Gasteiger partial charge in [0.1, 0.15) is 0 Å². The summed E-state index contributed by atoms with van der Waals surface area (Å²) in [4.78, 5) is 11.7. The summed E-state index contributed by atoms with van der Waals surface area (Å²) >= 11 is 2.73. The molecule has 0 aliphatic carbocycles. The average molecular weight is 489 g/mol. The first kappa shape index (κ1) is 18.5. The second-order valence-electron chi connectivity index (χ2n) is 6.81. The molecule has 1 amide bonds. The summed E-state index contributed by atoms with van der Waals surface area (Å²) in [6.07, 6.45) is 0.492. The molecule has 4 rings (SSSR count). The van der Waals surface area contributed by atoms with Crippen LogP contribution in [0.2, 0.25) is 0 Å². The Morgan fingerprint density at radius 3 is 1.56 bits per heavy atom. The van der Waals surface area contributed by atoms with Crippen LogP contribution in [-0.4, -0.2) is 24.9 Å². The number of hydrogen-bond donors (Lipinski definition) is 1. The molecule has 5 heteroatoms. The van der Waals surface area contributed by atoms with E-state index < -0.39 is 4.25 Å². The molecule has 0 unspecified atom stereocenters. The Hall–Kier alpha value is -1.91. The van der Waals surface area contributed by atoms with Crippen LogP contribution in [0.4, 0.5) is 4.79 Å². The Labute approximate surface area is 172 Å². The van der Waals surface area contributed by atoms with Gasteiger partial charge in [-0.25, -0.2) is 0 Å². The van der Waals surface area contributed by atoms with Gasteiger partial charge in [0.15, 0.2) is 0 Å². The van der Waals surface area contributed by atoms with E-state index in [1.807, 2.05) is 0 Å². The van der Waals surface area contributed by atoms with Gasteiger partial charge in [0.05, 0.1) is 0 Å². The predicted octanol–water partition coefficient (Wildman–Crippen LogP) is 3.97. The van der Waals surface area contributed by atoms with Gasteiger partial charge in [-0.15, -0.1) is 0 Å². The van der Waals surface area contributed by atoms with E-state index in [0.717, 1.165) is 6.16 Å². The fraction of sp³-hybridized carbons (Fsp3) is 0.136. The van der Waals surface area contributed by atoms with Crippen LogP contribution in [0.1, 0.15) is 0 Å². The van der Waals surface area contributed by atoms with E-state index in [4.69, 9.17) is 4.74 Å². The van der Waals surface area contributed by atoms with Crippen LogP contribution in [0.3, 0.4) is 0 Å². The summed E-state index contributed by atoms with van der Waals surface area (Å²) in [5, 5.41) is 6.93. The van der Waals surface area contributed by atoms with E-state index in [1.54, 1.807) is 0 Å². The monoisotopic (exact) mass is 489 g/mol. The maximum atomic E-state index is 11.7. The zero-order valence-corrected chi connectivity index (χ0v) is 17.8. The Morgan fingerprint density at radius 2 is 1.22 bits per heavy atom. The molecule has 1 atom stereocenters. The van der Waals surface area contributed by atoms with Crippen LogP contribution in [0, 0.1) is 0 Å². The van der Waals surface area contributed by atoms with Crippen LogP contribution in [0.15, 0.2) is 91.0 Å². The van der Waals surface area contributed by atoms with Crippen LogP contribution >= 0.6 is 26.3 Å².